The number of aromatic carboxylic acids is 1. The second-order valence-electron chi connectivity index (χ2n) is 2.40. The molecule has 0 bridgehead atoms. The van der Waals surface area contributed by atoms with Crippen LogP contribution in [0.3, 0.4) is 0 Å². The number of carbonyl (C=O) groups excluding carboxylic acids is 1. The molecule has 0 unspecified atom stereocenters. The molecule has 0 aromatic carbocycles. The molecular formula is C6H7N2NaO3. The topological polar surface area (TPSA) is 79.0 Å². The van der Waals surface area contributed by atoms with E-state index in [0.29, 0.717) is 5.82 Å². The van der Waals surface area contributed by atoms with Crippen molar-refractivity contribution in [2.24, 2.45) is 0 Å². The first-order valence-corrected chi connectivity index (χ1v) is 3.16. The third kappa shape index (κ3) is 2.58. The predicted molar refractivity (Wildman–Crippen MR) is 32.7 cm³/mol. The molecule has 12 heavy (non-hydrogen) atoms. The first-order chi connectivity index (χ1) is 5.11. The normalized spacial score (nSPS) is 9.58. The predicted octanol–water partition coefficient (Wildman–Crippen LogP) is -3.44. The number of rotatable bonds is 2. The summed E-state index contributed by atoms with van der Waals surface area (Å²) in [5, 5.41) is 13.6. The number of nitrogens with zero attached hydrogens (tertiary/aromatic N) is 2. The first-order valence-electron chi connectivity index (χ1n) is 3.16. The molecule has 0 N–H and O–H groups in total. The van der Waals surface area contributed by atoms with E-state index in [4.69, 9.17) is 0 Å². The molecule has 0 fully saturated rings. The summed E-state index contributed by atoms with van der Waals surface area (Å²) < 4.78 is 4.36. The molecule has 0 atom stereocenters. The van der Waals surface area contributed by atoms with Crippen molar-refractivity contribution in [3.05, 3.63) is 11.7 Å². The molecule has 0 spiro atoms. The molecule has 1 aromatic rings. The van der Waals surface area contributed by atoms with Crippen LogP contribution in [0.15, 0.2) is 4.52 Å². The summed E-state index contributed by atoms with van der Waals surface area (Å²) in [6.45, 7) is 3.67. The molecule has 1 aromatic heterocycles. The number of carboxylic acid groups (broad SMARTS) is 1. The molecule has 0 amide bonds. The molecule has 60 valence electrons. The van der Waals surface area contributed by atoms with E-state index >= 15 is 0 Å². The summed E-state index contributed by atoms with van der Waals surface area (Å²) in [5.41, 5.74) is 0. The third-order valence-corrected chi connectivity index (χ3v) is 1.13. The Bertz CT molecular complexity index is 272. The molecular weight excluding hydrogens is 171 g/mol. The fraction of sp³-hybridized carbons (Fsp3) is 0.500. The summed E-state index contributed by atoms with van der Waals surface area (Å²) in [5.74, 6) is -1.46. The van der Waals surface area contributed by atoms with Gasteiger partial charge in [-0.2, -0.15) is 4.98 Å². The van der Waals surface area contributed by atoms with Crippen LogP contribution < -0.4 is 34.7 Å². The molecule has 0 radical (unpaired) electrons. The summed E-state index contributed by atoms with van der Waals surface area (Å²) in [7, 11) is 0. The van der Waals surface area contributed by atoms with Gasteiger partial charge in [0.15, 0.2) is 5.82 Å². The Morgan fingerprint density at radius 1 is 1.58 bits per heavy atom. The van der Waals surface area contributed by atoms with E-state index in [0.717, 1.165) is 0 Å². The van der Waals surface area contributed by atoms with E-state index in [1.807, 2.05) is 13.8 Å². The van der Waals surface area contributed by atoms with Gasteiger partial charge < -0.3 is 14.4 Å². The molecule has 1 rings (SSSR count). The summed E-state index contributed by atoms with van der Waals surface area (Å²) >= 11 is 0. The van der Waals surface area contributed by atoms with E-state index < -0.39 is 11.9 Å². The quantitative estimate of drug-likeness (QED) is 0.440. The van der Waals surface area contributed by atoms with Gasteiger partial charge in [0.1, 0.15) is 5.97 Å². The van der Waals surface area contributed by atoms with Crippen LogP contribution in [-0.2, 0) is 0 Å². The van der Waals surface area contributed by atoms with Crippen LogP contribution in [0.4, 0.5) is 0 Å². The van der Waals surface area contributed by atoms with E-state index in [2.05, 4.69) is 14.7 Å². The number of hydrogen-bond donors (Lipinski definition) is 0. The zero-order chi connectivity index (χ0) is 8.43. The largest absolute Gasteiger partial charge is 1.00 e. The average Bonchev–Trinajstić information content (AvgIpc) is 2.33. The minimum atomic E-state index is -1.44. The van der Waals surface area contributed by atoms with Crippen molar-refractivity contribution < 1.29 is 44.0 Å². The van der Waals surface area contributed by atoms with Gasteiger partial charge in [-0.25, -0.2) is 0 Å². The van der Waals surface area contributed by atoms with Crippen molar-refractivity contribution >= 4 is 5.97 Å². The van der Waals surface area contributed by atoms with Crippen LogP contribution >= 0.6 is 0 Å². The fourth-order valence-electron chi connectivity index (χ4n) is 0.552. The number of aromatic nitrogens is 2. The van der Waals surface area contributed by atoms with Crippen molar-refractivity contribution in [3.63, 3.8) is 0 Å². The van der Waals surface area contributed by atoms with Crippen molar-refractivity contribution in [3.8, 4) is 0 Å². The van der Waals surface area contributed by atoms with Gasteiger partial charge in [-0.1, -0.05) is 19.0 Å². The monoisotopic (exact) mass is 178 g/mol. The van der Waals surface area contributed by atoms with E-state index in [9.17, 15) is 9.90 Å². The zero-order valence-electron chi connectivity index (χ0n) is 7.20. The van der Waals surface area contributed by atoms with Gasteiger partial charge in [0.2, 0.25) is 0 Å². The standard InChI is InChI=1S/C6H8N2O3.Na/c1-3(2)4-7-5(6(9)10)11-8-4;/h3H,1-2H3,(H,9,10);/q;+1/p-1. The van der Waals surface area contributed by atoms with Crippen LogP contribution in [0, 0.1) is 0 Å². The molecule has 0 saturated heterocycles. The van der Waals surface area contributed by atoms with Crippen LogP contribution in [0.2, 0.25) is 0 Å². The van der Waals surface area contributed by atoms with Gasteiger partial charge in [0.05, 0.1) is 0 Å². The molecule has 6 heteroatoms. The van der Waals surface area contributed by atoms with Crippen molar-refractivity contribution in [2.75, 3.05) is 0 Å². The summed E-state index contributed by atoms with van der Waals surface area (Å²) in [6.07, 6.45) is 0. The Morgan fingerprint density at radius 2 is 2.17 bits per heavy atom. The molecule has 0 aliphatic heterocycles. The smallest absolute Gasteiger partial charge is 0.540 e. The van der Waals surface area contributed by atoms with Gasteiger partial charge in [0.25, 0.3) is 5.89 Å². The van der Waals surface area contributed by atoms with Crippen LogP contribution in [0.1, 0.15) is 36.3 Å². The van der Waals surface area contributed by atoms with E-state index in [1.165, 1.54) is 0 Å². The third-order valence-electron chi connectivity index (χ3n) is 1.13. The molecule has 0 aliphatic carbocycles. The second-order valence-corrected chi connectivity index (χ2v) is 2.40. The van der Waals surface area contributed by atoms with Gasteiger partial charge in [0, 0.05) is 5.92 Å². The Labute approximate surface area is 91.4 Å². The Hall–Kier alpha value is -0.390. The van der Waals surface area contributed by atoms with Gasteiger partial charge in [-0.3, -0.25) is 0 Å². The summed E-state index contributed by atoms with van der Waals surface area (Å²) in [6, 6.07) is 0. The van der Waals surface area contributed by atoms with Gasteiger partial charge in [-0.05, 0) is 0 Å². The first kappa shape index (κ1) is 11.6. The number of carboxylic acids is 1. The van der Waals surface area contributed by atoms with Gasteiger partial charge >= 0.3 is 29.6 Å². The zero-order valence-corrected chi connectivity index (χ0v) is 9.20. The van der Waals surface area contributed by atoms with Gasteiger partial charge in [-0.15, -0.1) is 0 Å². The maximum atomic E-state index is 10.1. The van der Waals surface area contributed by atoms with E-state index in [1.54, 1.807) is 0 Å². The summed E-state index contributed by atoms with van der Waals surface area (Å²) in [4.78, 5) is 13.7. The Balaban J connectivity index is 0.00000121. The molecule has 5 nitrogen and oxygen atoms in total. The minimum Gasteiger partial charge on any atom is -0.540 e. The van der Waals surface area contributed by atoms with Crippen molar-refractivity contribution in [1.82, 2.24) is 10.1 Å². The molecule has 0 saturated carbocycles. The molecule has 0 aliphatic rings. The SMILES string of the molecule is CC(C)c1noc(C(=O)[O-])n1.[Na+]. The van der Waals surface area contributed by atoms with E-state index in [-0.39, 0.29) is 35.5 Å². The fourth-order valence-corrected chi connectivity index (χ4v) is 0.552. The number of carbonyl (C=O) groups is 1. The maximum absolute atomic E-state index is 10.1. The van der Waals surface area contributed by atoms with Crippen molar-refractivity contribution in [2.45, 2.75) is 19.8 Å². The Morgan fingerprint density at radius 3 is 2.42 bits per heavy atom. The number of hydrogen-bond acceptors (Lipinski definition) is 5. The van der Waals surface area contributed by atoms with Crippen LogP contribution in [-0.4, -0.2) is 16.1 Å². The van der Waals surface area contributed by atoms with Crippen molar-refractivity contribution in [1.29, 1.82) is 0 Å². The maximum Gasteiger partial charge on any atom is 1.00 e. The van der Waals surface area contributed by atoms with Crippen LogP contribution in [0.25, 0.3) is 0 Å². The second kappa shape index (κ2) is 4.59. The molecule has 1 heterocycles. The average molecular weight is 178 g/mol. The minimum absolute atomic E-state index is 0. The Kier molecular flexibility index (Phi) is 4.44. The van der Waals surface area contributed by atoms with Crippen LogP contribution in [0.5, 0.6) is 0 Å².